The zero-order valence-corrected chi connectivity index (χ0v) is 18.4. The number of nitrogens with one attached hydrogen (secondary N) is 1. The molecule has 2 aromatic heterocycles. The predicted molar refractivity (Wildman–Crippen MR) is 121 cm³/mol. The average molecular weight is 431 g/mol. The second kappa shape index (κ2) is 7.87. The molecule has 0 radical (unpaired) electrons. The number of hydrogen-bond donors (Lipinski definition) is 1. The van der Waals surface area contributed by atoms with E-state index in [1.807, 2.05) is 36.7 Å². The van der Waals surface area contributed by atoms with Gasteiger partial charge in [-0.1, -0.05) is 49.6 Å². The number of carbonyl (C=O) groups is 1. The van der Waals surface area contributed by atoms with Crippen molar-refractivity contribution < 1.29 is 4.79 Å². The summed E-state index contributed by atoms with van der Waals surface area (Å²) in [6.45, 7) is 2.52. The minimum absolute atomic E-state index is 0.0679. The van der Waals surface area contributed by atoms with Crippen molar-refractivity contribution in [3.05, 3.63) is 54.2 Å². The van der Waals surface area contributed by atoms with Gasteiger partial charge in [0.05, 0.1) is 17.5 Å². The zero-order chi connectivity index (χ0) is 21.5. The van der Waals surface area contributed by atoms with Crippen LogP contribution in [0.5, 0.6) is 0 Å². The molecule has 3 aromatic rings. The molecule has 2 aliphatic carbocycles. The molecule has 1 unspecified atom stereocenters. The lowest BCUT2D eigenvalue weighted by molar-refractivity contribution is 0.0759. The maximum Gasteiger partial charge on any atom is 0.257 e. The highest BCUT2D eigenvalue weighted by molar-refractivity contribution is 6.00. The fourth-order valence-corrected chi connectivity index (χ4v) is 5.94. The quantitative estimate of drug-likeness (QED) is 0.656. The fraction of sp³-hybridized carbons (Fsp3) is 0.520. The van der Waals surface area contributed by atoms with E-state index >= 15 is 0 Å². The molecule has 6 rings (SSSR count). The lowest BCUT2D eigenvalue weighted by Crippen LogP contribution is -2.34. The number of benzene rings is 1. The molecule has 1 saturated heterocycles. The van der Waals surface area contributed by atoms with Crippen LogP contribution < -0.4 is 0 Å². The van der Waals surface area contributed by atoms with Crippen molar-refractivity contribution in [3.63, 3.8) is 0 Å². The van der Waals surface area contributed by atoms with Gasteiger partial charge in [0, 0.05) is 31.1 Å². The summed E-state index contributed by atoms with van der Waals surface area (Å²) in [6.07, 6.45) is 12.3. The molecular formula is C25H30N6O. The molecule has 3 heterocycles. The minimum Gasteiger partial charge on any atom is -0.337 e. The van der Waals surface area contributed by atoms with E-state index in [2.05, 4.69) is 29.9 Å². The van der Waals surface area contributed by atoms with E-state index < -0.39 is 0 Å². The molecule has 7 nitrogen and oxygen atoms in total. The monoisotopic (exact) mass is 430 g/mol. The second-order valence-electron chi connectivity index (χ2n) is 9.97. The highest BCUT2D eigenvalue weighted by atomic mass is 16.2. The molecule has 1 aliphatic heterocycles. The third-order valence-corrected chi connectivity index (χ3v) is 7.83. The summed E-state index contributed by atoms with van der Waals surface area (Å²) in [5.74, 6) is 2.17. The van der Waals surface area contributed by atoms with Gasteiger partial charge in [0.2, 0.25) is 0 Å². The maximum absolute atomic E-state index is 13.7. The van der Waals surface area contributed by atoms with Crippen LogP contribution in [0.4, 0.5) is 0 Å². The highest BCUT2D eigenvalue weighted by Crippen LogP contribution is 2.52. The Balaban J connectivity index is 1.32. The molecular weight excluding hydrogens is 400 g/mol. The molecule has 1 spiro atoms. The summed E-state index contributed by atoms with van der Waals surface area (Å²) < 4.78 is 2.28. The first-order valence-electron chi connectivity index (χ1n) is 12.0. The third-order valence-electron chi connectivity index (χ3n) is 7.83. The Bertz CT molecular complexity index is 1090. The molecule has 1 amide bonds. The highest BCUT2D eigenvalue weighted by Gasteiger charge is 2.51. The van der Waals surface area contributed by atoms with Crippen LogP contribution >= 0.6 is 0 Å². The Labute approximate surface area is 188 Å². The van der Waals surface area contributed by atoms with Gasteiger partial charge in [-0.2, -0.15) is 5.10 Å². The van der Waals surface area contributed by atoms with E-state index in [1.54, 1.807) is 6.20 Å². The standard InChI is InChI=1S/C25H30N6O/c32-24(20-13-26-28-22(20)19-7-3-1-4-8-19)30-15-21(25(16-30)11-5-2-6-12-25)23-29-27-17-31(23)14-18-9-10-18/h1,3-4,7-8,13,17-18,21H,2,5-6,9-12,14-16H2,(H,26,28). The summed E-state index contributed by atoms with van der Waals surface area (Å²) in [5, 5.41) is 16.2. The van der Waals surface area contributed by atoms with Crippen LogP contribution in [0.1, 0.15) is 67.0 Å². The van der Waals surface area contributed by atoms with Crippen LogP contribution in [0.2, 0.25) is 0 Å². The van der Waals surface area contributed by atoms with Crippen molar-refractivity contribution in [1.82, 2.24) is 29.9 Å². The van der Waals surface area contributed by atoms with Crippen LogP contribution in [0.25, 0.3) is 11.3 Å². The van der Waals surface area contributed by atoms with Gasteiger partial charge in [-0.25, -0.2) is 0 Å². The number of carbonyl (C=O) groups excluding carboxylic acids is 1. The van der Waals surface area contributed by atoms with Gasteiger partial charge in [0.15, 0.2) is 0 Å². The summed E-state index contributed by atoms with van der Waals surface area (Å²) in [6, 6.07) is 9.98. The molecule has 3 fully saturated rings. The van der Waals surface area contributed by atoms with Crippen LogP contribution in [-0.4, -0.2) is 48.9 Å². The van der Waals surface area contributed by atoms with Crippen LogP contribution in [0.15, 0.2) is 42.9 Å². The topological polar surface area (TPSA) is 79.7 Å². The second-order valence-corrected chi connectivity index (χ2v) is 9.97. The molecule has 32 heavy (non-hydrogen) atoms. The lowest BCUT2D eigenvalue weighted by atomic mass is 9.67. The number of aromatic nitrogens is 5. The Hall–Kier alpha value is -2.96. The van der Waals surface area contributed by atoms with E-state index in [-0.39, 0.29) is 17.2 Å². The summed E-state index contributed by atoms with van der Waals surface area (Å²) in [5.41, 5.74) is 2.55. The Morgan fingerprint density at radius 2 is 1.94 bits per heavy atom. The molecule has 3 aliphatic rings. The number of nitrogens with zero attached hydrogens (tertiary/aromatic N) is 5. The van der Waals surface area contributed by atoms with Crippen LogP contribution in [-0.2, 0) is 6.54 Å². The lowest BCUT2D eigenvalue weighted by Gasteiger charge is -2.37. The zero-order valence-electron chi connectivity index (χ0n) is 18.4. The van der Waals surface area contributed by atoms with Crippen molar-refractivity contribution in [2.24, 2.45) is 11.3 Å². The van der Waals surface area contributed by atoms with Gasteiger partial charge in [-0.15, -0.1) is 10.2 Å². The van der Waals surface area contributed by atoms with Gasteiger partial charge < -0.3 is 9.47 Å². The molecule has 1 N–H and O–H groups in total. The molecule has 1 aromatic carbocycles. The first-order chi connectivity index (χ1) is 15.7. The number of rotatable bonds is 5. The maximum atomic E-state index is 13.7. The minimum atomic E-state index is 0.0679. The summed E-state index contributed by atoms with van der Waals surface area (Å²) >= 11 is 0. The SMILES string of the molecule is O=C(c1cn[nH]c1-c1ccccc1)N1CC(c2nncn2CC2CC2)C2(CCCCC2)C1. The molecule has 166 valence electrons. The van der Waals surface area contributed by atoms with E-state index in [0.29, 0.717) is 12.1 Å². The largest absolute Gasteiger partial charge is 0.337 e. The van der Waals surface area contributed by atoms with Gasteiger partial charge >= 0.3 is 0 Å². The molecule has 0 bridgehead atoms. The van der Waals surface area contributed by atoms with Crippen molar-refractivity contribution in [1.29, 1.82) is 0 Å². The van der Waals surface area contributed by atoms with E-state index in [1.165, 1.54) is 32.1 Å². The smallest absolute Gasteiger partial charge is 0.257 e. The van der Waals surface area contributed by atoms with Crippen molar-refractivity contribution in [3.8, 4) is 11.3 Å². The van der Waals surface area contributed by atoms with Crippen LogP contribution in [0, 0.1) is 11.3 Å². The number of amides is 1. The molecule has 7 heteroatoms. The third kappa shape index (κ3) is 3.44. The molecule has 2 saturated carbocycles. The Kier molecular flexibility index (Phi) is 4.85. The number of hydrogen-bond acceptors (Lipinski definition) is 4. The van der Waals surface area contributed by atoms with Crippen LogP contribution in [0.3, 0.4) is 0 Å². The van der Waals surface area contributed by atoms with Crippen molar-refractivity contribution in [2.45, 2.75) is 57.4 Å². The Morgan fingerprint density at radius 1 is 1.12 bits per heavy atom. The predicted octanol–water partition coefficient (Wildman–Crippen LogP) is 4.27. The van der Waals surface area contributed by atoms with Crippen molar-refractivity contribution in [2.75, 3.05) is 13.1 Å². The van der Waals surface area contributed by atoms with Crippen molar-refractivity contribution >= 4 is 5.91 Å². The molecule has 1 atom stereocenters. The number of likely N-dealkylation sites (tertiary alicyclic amines) is 1. The van der Waals surface area contributed by atoms with Gasteiger partial charge in [-0.3, -0.25) is 9.89 Å². The van der Waals surface area contributed by atoms with E-state index in [4.69, 9.17) is 0 Å². The first kappa shape index (κ1) is 19.7. The number of aromatic amines is 1. The van der Waals surface area contributed by atoms with Gasteiger partial charge in [0.1, 0.15) is 12.2 Å². The number of H-pyrrole nitrogens is 1. The normalized spacial score (nSPS) is 22.5. The van der Waals surface area contributed by atoms with E-state index in [0.717, 1.165) is 48.9 Å². The first-order valence-corrected chi connectivity index (χ1v) is 12.0. The van der Waals surface area contributed by atoms with Gasteiger partial charge in [0.25, 0.3) is 5.91 Å². The Morgan fingerprint density at radius 3 is 2.72 bits per heavy atom. The van der Waals surface area contributed by atoms with Gasteiger partial charge in [-0.05, 0) is 37.0 Å². The average Bonchev–Trinajstić information content (AvgIpc) is 3.20. The summed E-state index contributed by atoms with van der Waals surface area (Å²) in [7, 11) is 0. The fourth-order valence-electron chi connectivity index (χ4n) is 5.94. The van der Waals surface area contributed by atoms with E-state index in [9.17, 15) is 4.79 Å². The summed E-state index contributed by atoms with van der Waals surface area (Å²) in [4.78, 5) is 15.8.